The normalized spacial score (nSPS) is 12.7. The zero-order chi connectivity index (χ0) is 50.0. The lowest BCUT2D eigenvalue weighted by Gasteiger charge is -2.22. The molecule has 0 saturated heterocycles. The average molecular weight is 973 g/mol. The number of allylic oxidation sites excluding steroid dienone is 4. The molecule has 0 aromatic heterocycles. The van der Waals surface area contributed by atoms with Crippen LogP contribution in [0.2, 0.25) is 0 Å². The highest BCUT2D eigenvalue weighted by atomic mass is 16.5. The van der Waals surface area contributed by atoms with Gasteiger partial charge in [-0.2, -0.15) is 0 Å². The number of unbranched alkanes of at least 4 members (excludes halogenated alkanes) is 43. The van der Waals surface area contributed by atoms with Crippen LogP contribution >= 0.6 is 0 Å². The number of hydrogen-bond acceptors (Lipinski definition) is 5. The van der Waals surface area contributed by atoms with Crippen LogP contribution in [-0.2, 0) is 14.3 Å². The van der Waals surface area contributed by atoms with Gasteiger partial charge >= 0.3 is 5.97 Å². The van der Waals surface area contributed by atoms with E-state index in [0.29, 0.717) is 25.9 Å². The molecule has 69 heavy (non-hydrogen) atoms. The van der Waals surface area contributed by atoms with Crippen molar-refractivity contribution in [1.29, 1.82) is 0 Å². The van der Waals surface area contributed by atoms with Crippen LogP contribution in [0.15, 0.2) is 24.3 Å². The molecule has 3 N–H and O–H groups in total. The Morgan fingerprint density at radius 1 is 0.391 bits per heavy atom. The van der Waals surface area contributed by atoms with Crippen LogP contribution in [0.25, 0.3) is 0 Å². The summed E-state index contributed by atoms with van der Waals surface area (Å²) in [5.41, 5.74) is 0. The third-order valence-electron chi connectivity index (χ3n) is 14.5. The molecule has 2 unspecified atom stereocenters. The molecule has 6 heteroatoms. The summed E-state index contributed by atoms with van der Waals surface area (Å²) in [6, 6.07) is -0.546. The largest absolute Gasteiger partial charge is 0.466 e. The first-order valence-corrected chi connectivity index (χ1v) is 31.1. The third kappa shape index (κ3) is 55.5. The number of carbonyl (C=O) groups is 2. The zero-order valence-electron chi connectivity index (χ0n) is 46.6. The number of hydrogen-bond donors (Lipinski definition) is 3. The molecular formula is C63H121NO5. The highest BCUT2D eigenvalue weighted by molar-refractivity contribution is 5.76. The maximum absolute atomic E-state index is 12.5. The van der Waals surface area contributed by atoms with E-state index in [1.54, 1.807) is 0 Å². The summed E-state index contributed by atoms with van der Waals surface area (Å²) in [4.78, 5) is 24.5. The first kappa shape index (κ1) is 67.3. The first-order valence-electron chi connectivity index (χ1n) is 31.1. The topological polar surface area (TPSA) is 95.9 Å². The Labute approximate surface area is 431 Å². The zero-order valence-corrected chi connectivity index (χ0v) is 46.6. The number of carbonyl (C=O) groups excluding carboxylic acids is 2. The van der Waals surface area contributed by atoms with Crippen molar-refractivity contribution in [2.24, 2.45) is 0 Å². The van der Waals surface area contributed by atoms with Gasteiger partial charge in [0.2, 0.25) is 5.91 Å². The molecule has 0 bridgehead atoms. The van der Waals surface area contributed by atoms with Crippen molar-refractivity contribution >= 4 is 11.9 Å². The second-order valence-corrected chi connectivity index (χ2v) is 21.4. The summed E-state index contributed by atoms with van der Waals surface area (Å²) in [6.45, 7) is 4.95. The Balaban J connectivity index is 3.41. The lowest BCUT2D eigenvalue weighted by Crippen LogP contribution is -2.45. The monoisotopic (exact) mass is 972 g/mol. The fourth-order valence-electron chi connectivity index (χ4n) is 9.69. The lowest BCUT2D eigenvalue weighted by atomic mass is 10.0. The summed E-state index contributed by atoms with van der Waals surface area (Å²) in [7, 11) is 0. The van der Waals surface area contributed by atoms with Crippen LogP contribution in [0, 0.1) is 0 Å². The summed E-state index contributed by atoms with van der Waals surface area (Å²) < 4.78 is 5.48. The average Bonchev–Trinajstić information content (AvgIpc) is 3.35. The van der Waals surface area contributed by atoms with E-state index in [4.69, 9.17) is 4.74 Å². The third-order valence-corrected chi connectivity index (χ3v) is 14.5. The number of esters is 1. The number of aliphatic hydroxyl groups excluding tert-OH is 2. The molecule has 0 heterocycles. The molecule has 2 atom stereocenters. The van der Waals surface area contributed by atoms with E-state index >= 15 is 0 Å². The molecular weight excluding hydrogens is 851 g/mol. The lowest BCUT2D eigenvalue weighted by molar-refractivity contribution is -0.143. The quantitative estimate of drug-likeness (QED) is 0.0321. The van der Waals surface area contributed by atoms with Gasteiger partial charge in [-0.25, -0.2) is 0 Å². The van der Waals surface area contributed by atoms with E-state index in [1.807, 2.05) is 0 Å². The predicted molar refractivity (Wildman–Crippen MR) is 301 cm³/mol. The van der Waals surface area contributed by atoms with Crippen LogP contribution in [0.4, 0.5) is 0 Å². The Morgan fingerprint density at radius 2 is 0.681 bits per heavy atom. The summed E-state index contributed by atoms with van der Waals surface area (Å²) in [5, 5.41) is 23.3. The molecule has 0 aromatic rings. The minimum atomic E-state index is -0.668. The highest BCUT2D eigenvalue weighted by Crippen LogP contribution is 2.17. The first-order chi connectivity index (χ1) is 34.0. The van der Waals surface area contributed by atoms with Crippen molar-refractivity contribution in [3.8, 4) is 0 Å². The van der Waals surface area contributed by atoms with Crippen LogP contribution in [0.3, 0.4) is 0 Å². The Kier molecular flexibility index (Phi) is 57.5. The van der Waals surface area contributed by atoms with Gasteiger partial charge in [0.1, 0.15) is 0 Å². The molecule has 0 radical (unpaired) electrons. The maximum atomic E-state index is 12.5. The second-order valence-electron chi connectivity index (χ2n) is 21.4. The molecule has 0 aliphatic heterocycles. The van der Waals surface area contributed by atoms with E-state index in [9.17, 15) is 19.8 Å². The molecule has 0 saturated carbocycles. The maximum Gasteiger partial charge on any atom is 0.305 e. The van der Waals surface area contributed by atoms with E-state index in [0.717, 1.165) is 44.9 Å². The number of amides is 1. The number of rotatable bonds is 58. The van der Waals surface area contributed by atoms with Crippen LogP contribution in [0.5, 0.6) is 0 Å². The van der Waals surface area contributed by atoms with Gasteiger partial charge in [-0.3, -0.25) is 9.59 Å². The van der Waals surface area contributed by atoms with Crippen molar-refractivity contribution in [2.75, 3.05) is 13.2 Å². The Morgan fingerprint density at radius 3 is 1.03 bits per heavy atom. The minimum absolute atomic E-state index is 0.00329. The highest BCUT2D eigenvalue weighted by Gasteiger charge is 2.20. The summed E-state index contributed by atoms with van der Waals surface area (Å²) >= 11 is 0. The van der Waals surface area contributed by atoms with Gasteiger partial charge in [0.25, 0.3) is 0 Å². The smallest absolute Gasteiger partial charge is 0.305 e. The van der Waals surface area contributed by atoms with Gasteiger partial charge < -0.3 is 20.3 Å². The molecule has 408 valence electrons. The number of nitrogens with one attached hydrogen (secondary N) is 1. The molecule has 0 rings (SSSR count). The SMILES string of the molecule is CCCCCCC/C=C\CCCCCCCC(=O)OCCCCCCCCCCCCCC/C=C\CCCCCCCCCC(=O)NC(CO)C(O)CCCCCCCCCCCCCCCCC. The van der Waals surface area contributed by atoms with Crippen molar-refractivity contribution in [3.63, 3.8) is 0 Å². The van der Waals surface area contributed by atoms with Gasteiger partial charge in [-0.15, -0.1) is 0 Å². The fourth-order valence-corrected chi connectivity index (χ4v) is 9.69. The Bertz CT molecular complexity index is 1080. The summed E-state index contributed by atoms with van der Waals surface area (Å²) in [5.74, 6) is -0.0363. The van der Waals surface area contributed by atoms with Crippen LogP contribution in [0.1, 0.15) is 341 Å². The second kappa shape index (κ2) is 58.9. The van der Waals surface area contributed by atoms with E-state index < -0.39 is 12.1 Å². The molecule has 0 spiro atoms. The van der Waals surface area contributed by atoms with E-state index in [1.165, 1.54) is 263 Å². The molecule has 6 nitrogen and oxygen atoms in total. The van der Waals surface area contributed by atoms with Gasteiger partial charge in [0.05, 0.1) is 25.4 Å². The molecule has 0 aromatic carbocycles. The van der Waals surface area contributed by atoms with Gasteiger partial charge in [0.15, 0.2) is 0 Å². The minimum Gasteiger partial charge on any atom is -0.466 e. The van der Waals surface area contributed by atoms with Crippen molar-refractivity contribution in [1.82, 2.24) is 5.32 Å². The van der Waals surface area contributed by atoms with Gasteiger partial charge in [-0.1, -0.05) is 276 Å². The number of aliphatic hydroxyl groups is 2. The van der Waals surface area contributed by atoms with Gasteiger partial charge in [0, 0.05) is 12.8 Å². The van der Waals surface area contributed by atoms with Crippen LogP contribution < -0.4 is 5.32 Å². The van der Waals surface area contributed by atoms with Crippen molar-refractivity contribution < 1.29 is 24.5 Å². The van der Waals surface area contributed by atoms with E-state index in [2.05, 4.69) is 43.5 Å². The molecule has 0 aliphatic carbocycles. The number of ether oxygens (including phenoxy) is 1. The van der Waals surface area contributed by atoms with Crippen LogP contribution in [-0.4, -0.2) is 47.4 Å². The van der Waals surface area contributed by atoms with E-state index in [-0.39, 0.29) is 18.5 Å². The summed E-state index contributed by atoms with van der Waals surface area (Å²) in [6.07, 6.45) is 71.8. The molecule has 0 aliphatic rings. The molecule has 1 amide bonds. The standard InChI is InChI=1S/C63H121NO5/c1-3-5-7-9-11-13-15-17-28-31-35-39-43-47-51-55-61(66)60(59-65)64-62(67)56-52-48-44-40-36-32-29-26-24-22-20-19-21-23-25-27-30-34-38-42-46-50-54-58-69-63(68)57-53-49-45-41-37-33-18-16-14-12-10-8-6-4-2/h16,18,22,24,60-61,65-66H,3-15,17,19-21,23,25-59H2,1-2H3,(H,64,67)/b18-16-,24-22-. The predicted octanol–water partition coefficient (Wildman–Crippen LogP) is 19.4. The fraction of sp³-hybridized carbons (Fsp3) is 0.905. The van der Waals surface area contributed by atoms with Crippen molar-refractivity contribution in [3.05, 3.63) is 24.3 Å². The van der Waals surface area contributed by atoms with Gasteiger partial charge in [-0.05, 0) is 77.0 Å². The van der Waals surface area contributed by atoms with Crippen molar-refractivity contribution in [2.45, 2.75) is 353 Å². The molecule has 0 fully saturated rings. The Hall–Kier alpha value is -1.66.